The zero-order chi connectivity index (χ0) is 15.8. The Morgan fingerprint density at radius 2 is 1.91 bits per heavy atom. The van der Waals surface area contributed by atoms with Gasteiger partial charge in [0, 0.05) is 26.5 Å². The summed E-state index contributed by atoms with van der Waals surface area (Å²) in [5, 5.41) is 10.8. The first kappa shape index (κ1) is 18.6. The smallest absolute Gasteiger partial charge is 0.356 e. The van der Waals surface area contributed by atoms with Crippen LogP contribution in [0, 0.1) is 6.92 Å². The number of aryl methyl sites for hydroxylation is 1. The van der Waals surface area contributed by atoms with Crippen molar-refractivity contribution in [3.8, 4) is 5.75 Å². The molecule has 1 aromatic heterocycles. The minimum absolute atomic E-state index is 0. The molecule has 2 rings (SSSR count). The van der Waals surface area contributed by atoms with Crippen LogP contribution in [0.2, 0.25) is 0 Å². The number of aromatic nitrogens is 1. The fraction of sp³-hybridized carbons (Fsp3) is 0.412. The molecule has 5 heteroatoms. The molecule has 0 bridgehead atoms. The monoisotopic (exact) mass is 482 g/mol. The molecule has 0 saturated carbocycles. The number of esters is 1. The number of nitrogens with zero attached hydrogens (tertiary/aromatic N) is 1. The summed E-state index contributed by atoms with van der Waals surface area (Å²) in [5.74, 6) is -0.211. The predicted molar refractivity (Wildman–Crippen MR) is 82.8 cm³/mol. The summed E-state index contributed by atoms with van der Waals surface area (Å²) in [6.45, 7) is 10.1. The van der Waals surface area contributed by atoms with Crippen molar-refractivity contribution in [2.75, 3.05) is 6.61 Å². The zero-order valence-corrected chi connectivity index (χ0v) is 15.7. The van der Waals surface area contributed by atoms with Crippen LogP contribution in [0.3, 0.4) is 0 Å². The van der Waals surface area contributed by atoms with Gasteiger partial charge in [0.05, 0.1) is 12.1 Å². The largest absolute Gasteiger partial charge is 0.508 e. The summed E-state index contributed by atoms with van der Waals surface area (Å²) in [5.41, 5.74) is 2.65. The second-order valence-corrected chi connectivity index (χ2v) is 6.18. The maximum atomic E-state index is 11.9. The van der Waals surface area contributed by atoms with Crippen LogP contribution in [-0.2, 0) is 31.2 Å². The number of hydrogen-bond donors (Lipinski definition) is 1. The van der Waals surface area contributed by atoms with E-state index < -0.39 is 5.97 Å². The SMILES string of the molecule is CCOC(=O)c1cc(C)c2cc(O)cc(C(C)(C)C)c2n1.[Pt]. The van der Waals surface area contributed by atoms with Gasteiger partial charge in [-0.3, -0.25) is 0 Å². The number of phenols is 1. The Morgan fingerprint density at radius 1 is 1.27 bits per heavy atom. The average molecular weight is 482 g/mol. The van der Waals surface area contributed by atoms with Crippen LogP contribution in [0.4, 0.5) is 0 Å². The van der Waals surface area contributed by atoms with Gasteiger partial charge in [0.25, 0.3) is 0 Å². The summed E-state index contributed by atoms with van der Waals surface area (Å²) in [4.78, 5) is 16.4. The van der Waals surface area contributed by atoms with E-state index in [2.05, 4.69) is 25.8 Å². The summed E-state index contributed by atoms with van der Waals surface area (Å²) in [6.07, 6.45) is 0. The third-order valence-corrected chi connectivity index (χ3v) is 3.40. The number of carbonyl (C=O) groups excluding carboxylic acids is 1. The number of aromatic hydroxyl groups is 1. The van der Waals surface area contributed by atoms with E-state index in [0.29, 0.717) is 12.3 Å². The summed E-state index contributed by atoms with van der Waals surface area (Å²) >= 11 is 0. The van der Waals surface area contributed by atoms with Crippen LogP contribution in [-0.4, -0.2) is 22.7 Å². The molecule has 0 unspecified atom stereocenters. The van der Waals surface area contributed by atoms with Crippen LogP contribution in [0.5, 0.6) is 5.75 Å². The molecule has 122 valence electrons. The molecule has 0 fully saturated rings. The Kier molecular flexibility index (Phi) is 5.75. The molecule has 1 heterocycles. The van der Waals surface area contributed by atoms with Crippen molar-refractivity contribution in [3.63, 3.8) is 0 Å². The Morgan fingerprint density at radius 3 is 2.45 bits per heavy atom. The number of benzene rings is 1. The normalized spacial score (nSPS) is 11.1. The molecule has 1 aromatic carbocycles. The van der Waals surface area contributed by atoms with Gasteiger partial charge in [0.2, 0.25) is 0 Å². The van der Waals surface area contributed by atoms with E-state index in [0.717, 1.165) is 22.0 Å². The molecule has 0 atom stereocenters. The number of phenolic OH excluding ortho intramolecular Hbond substituents is 1. The van der Waals surface area contributed by atoms with Crippen LogP contribution in [0.15, 0.2) is 18.2 Å². The zero-order valence-electron chi connectivity index (χ0n) is 13.5. The molecule has 0 aliphatic heterocycles. The average Bonchev–Trinajstić information content (AvgIpc) is 2.37. The first-order valence-electron chi connectivity index (χ1n) is 7.06. The predicted octanol–water partition coefficient (Wildman–Crippen LogP) is 3.72. The van der Waals surface area contributed by atoms with Crippen molar-refractivity contribution in [3.05, 3.63) is 35.0 Å². The molecule has 0 aliphatic rings. The maximum absolute atomic E-state index is 11.9. The van der Waals surface area contributed by atoms with Crippen molar-refractivity contribution in [1.29, 1.82) is 0 Å². The first-order chi connectivity index (χ1) is 9.74. The van der Waals surface area contributed by atoms with Crippen LogP contribution >= 0.6 is 0 Å². The van der Waals surface area contributed by atoms with E-state index in [-0.39, 0.29) is 32.2 Å². The Hall–Kier alpha value is -1.41. The van der Waals surface area contributed by atoms with Gasteiger partial charge in [-0.05, 0) is 48.6 Å². The molecule has 2 aromatic rings. The van der Waals surface area contributed by atoms with Crippen molar-refractivity contribution in [2.45, 2.75) is 40.0 Å². The van der Waals surface area contributed by atoms with E-state index in [9.17, 15) is 9.90 Å². The second-order valence-electron chi connectivity index (χ2n) is 6.18. The molecule has 0 saturated heterocycles. The molecular weight excluding hydrogens is 461 g/mol. The van der Waals surface area contributed by atoms with Gasteiger partial charge in [-0.2, -0.15) is 0 Å². The van der Waals surface area contributed by atoms with Crippen LogP contribution in [0.25, 0.3) is 10.9 Å². The van der Waals surface area contributed by atoms with E-state index in [1.54, 1.807) is 25.1 Å². The molecule has 0 radical (unpaired) electrons. The quantitative estimate of drug-likeness (QED) is 0.663. The van der Waals surface area contributed by atoms with Gasteiger partial charge >= 0.3 is 5.97 Å². The van der Waals surface area contributed by atoms with Crippen LogP contribution in [0.1, 0.15) is 49.3 Å². The molecule has 1 N–H and O–H groups in total. The van der Waals surface area contributed by atoms with Crippen molar-refractivity contribution in [2.24, 2.45) is 0 Å². The van der Waals surface area contributed by atoms with Crippen molar-refractivity contribution in [1.82, 2.24) is 4.98 Å². The first-order valence-corrected chi connectivity index (χ1v) is 7.06. The van der Waals surface area contributed by atoms with Gasteiger partial charge in [-0.15, -0.1) is 0 Å². The van der Waals surface area contributed by atoms with E-state index in [4.69, 9.17) is 4.74 Å². The fourth-order valence-corrected chi connectivity index (χ4v) is 2.36. The van der Waals surface area contributed by atoms with Crippen LogP contribution < -0.4 is 0 Å². The number of carbonyl (C=O) groups is 1. The Labute approximate surface area is 145 Å². The summed E-state index contributed by atoms with van der Waals surface area (Å²) in [6, 6.07) is 5.09. The van der Waals surface area contributed by atoms with E-state index >= 15 is 0 Å². The second kappa shape index (κ2) is 6.78. The number of rotatable bonds is 2. The van der Waals surface area contributed by atoms with Gasteiger partial charge in [-0.25, -0.2) is 9.78 Å². The fourth-order valence-electron chi connectivity index (χ4n) is 2.36. The third-order valence-electron chi connectivity index (χ3n) is 3.40. The molecule has 0 spiro atoms. The Balaban J connectivity index is 0.00000242. The number of ether oxygens (including phenoxy) is 1. The van der Waals surface area contributed by atoms with Gasteiger partial charge in [0.15, 0.2) is 0 Å². The van der Waals surface area contributed by atoms with Gasteiger partial charge in [0.1, 0.15) is 11.4 Å². The van der Waals surface area contributed by atoms with E-state index in [1.807, 2.05) is 6.92 Å². The number of fused-ring (bicyclic) bond motifs is 1. The third kappa shape index (κ3) is 3.67. The minimum atomic E-state index is -0.421. The van der Waals surface area contributed by atoms with Gasteiger partial charge in [-0.1, -0.05) is 20.8 Å². The summed E-state index contributed by atoms with van der Waals surface area (Å²) < 4.78 is 5.03. The maximum Gasteiger partial charge on any atom is 0.356 e. The van der Waals surface area contributed by atoms with E-state index in [1.165, 1.54) is 0 Å². The molecule has 22 heavy (non-hydrogen) atoms. The topological polar surface area (TPSA) is 59.4 Å². The number of pyridine rings is 1. The standard InChI is InChI=1S/C17H21NO3.Pt/c1-6-21-16(20)14-7-10(2)12-8-11(19)9-13(15(12)18-14)17(3,4)5;/h7-9,19H,6H2,1-5H3;. The molecule has 4 nitrogen and oxygen atoms in total. The summed E-state index contributed by atoms with van der Waals surface area (Å²) in [7, 11) is 0. The van der Waals surface area contributed by atoms with Crippen molar-refractivity contribution < 1.29 is 35.7 Å². The molecular formula is C17H21NO3Pt. The van der Waals surface area contributed by atoms with Crippen molar-refractivity contribution >= 4 is 16.9 Å². The minimum Gasteiger partial charge on any atom is -0.508 e. The molecule has 0 aliphatic carbocycles. The number of hydrogen-bond acceptors (Lipinski definition) is 4. The molecule has 0 amide bonds. The van der Waals surface area contributed by atoms with Gasteiger partial charge < -0.3 is 9.84 Å². The Bertz CT molecular complexity index is 705.